The molecule has 2 aromatic rings. The molecule has 0 aliphatic heterocycles. The van der Waals surface area contributed by atoms with Crippen LogP contribution in [0.15, 0.2) is 60.7 Å². The topological polar surface area (TPSA) is 144 Å². The van der Waals surface area contributed by atoms with Crippen LogP contribution in [0.25, 0.3) is 0 Å². The Bertz CT molecular complexity index is 1910. The minimum atomic E-state index is -0.747. The number of aliphatic hydroxyl groups is 2. The number of benzene rings is 2. The quantitative estimate of drug-likeness (QED) is 0.113. The molecule has 0 saturated heterocycles. The zero-order valence-electron chi connectivity index (χ0n) is 41.1. The van der Waals surface area contributed by atoms with Crippen molar-refractivity contribution in [3.05, 3.63) is 71.8 Å². The number of hydrogen-bond donors (Lipinski definition) is 4. The number of halogens is 3. The summed E-state index contributed by atoms with van der Waals surface area (Å²) in [6.07, 6.45) is 15.4. The van der Waals surface area contributed by atoms with Gasteiger partial charge >= 0.3 is 11.9 Å². The van der Waals surface area contributed by atoms with E-state index in [4.69, 9.17) is 24.6 Å². The van der Waals surface area contributed by atoms with Gasteiger partial charge in [-0.2, -0.15) is 0 Å². The third kappa shape index (κ3) is 12.6. The number of quaternary nitrogens is 1. The van der Waals surface area contributed by atoms with Crippen molar-refractivity contribution in [1.82, 2.24) is 10.2 Å². The fourth-order valence-electron chi connectivity index (χ4n) is 13.5. The number of ether oxygens (including phenoxy) is 1. The van der Waals surface area contributed by atoms with E-state index in [1.807, 2.05) is 24.3 Å². The highest BCUT2D eigenvalue weighted by atomic mass is 35.5. The minimum Gasteiger partial charge on any atom is -1.00 e. The van der Waals surface area contributed by atoms with Crippen molar-refractivity contribution in [2.24, 2.45) is 53.3 Å². The van der Waals surface area contributed by atoms with E-state index >= 15 is 0 Å². The van der Waals surface area contributed by atoms with Crippen LogP contribution >= 0.6 is 23.2 Å². The number of alkyl halides is 2. The molecule has 2 unspecified atom stereocenters. The van der Waals surface area contributed by atoms with Gasteiger partial charge in [-0.05, 0) is 152 Å². The molecule has 0 heterocycles. The smallest absolute Gasteiger partial charge is 0.316 e. The second-order valence-corrected chi connectivity index (χ2v) is 23.1. The highest BCUT2D eigenvalue weighted by Gasteiger charge is 2.65. The van der Waals surface area contributed by atoms with E-state index in [9.17, 15) is 24.6 Å². The molecule has 2 aromatic carbocycles. The standard InChI is InChI=1S/C21H26ClNO2.C17H22ClNO.C8H10O3.C6H15N.C2H6.ClH/c22-20-9-13-8-16(11-20)17(21(25,10-13)12-20)18(14-4-2-1-3-5-14)23-19(24)15-6-7-15;18-16-7-11-6-13(9-16)14(17(20,8-11)10-16)15(19)12-4-2-1-3-5-12;9-7(5-1-2-5)11-8(10)6-3-4-6;1-4-7(5-2)6-3;1-2;/h1-5,13,15-18,25H,6-12H2,(H,23,24);1-5,11,13-15,20H,6-10,19H2;5-6H,1-4H2;4-6H2,1-3H3;1-2H3;1H/t13-,16?,17+,18-,20-,21-;11-,13?,14+,15-,16-,17-;;;;/m00..../s1/i;;;;1D;. The van der Waals surface area contributed by atoms with Gasteiger partial charge in [0.2, 0.25) is 5.91 Å². The highest BCUT2D eigenvalue weighted by molar-refractivity contribution is 6.24. The third-order valence-electron chi connectivity index (χ3n) is 16.4. The monoisotopic (exact) mass is 973 g/mol. The van der Waals surface area contributed by atoms with Crippen molar-refractivity contribution in [1.29, 1.82) is 0 Å². The molecule has 11 aliphatic rings. The summed E-state index contributed by atoms with van der Waals surface area (Å²) in [7, 11) is 0. The molecule has 0 radical (unpaired) electrons. The predicted octanol–water partition coefficient (Wildman–Crippen LogP) is 6.58. The fourth-order valence-corrected chi connectivity index (χ4v) is 14.8. The van der Waals surface area contributed by atoms with E-state index in [2.05, 4.69) is 77.9 Å². The van der Waals surface area contributed by atoms with Gasteiger partial charge < -0.3 is 43.3 Å². The molecular weight excluding hydrogens is 893 g/mol. The molecule has 11 aliphatic carbocycles. The number of carbonyl (C=O) groups excluding carboxylic acids is 3. The predicted molar refractivity (Wildman–Crippen MR) is 258 cm³/mol. The van der Waals surface area contributed by atoms with Gasteiger partial charge in [0.25, 0.3) is 0 Å². The van der Waals surface area contributed by atoms with Crippen molar-refractivity contribution < 1.29 is 48.8 Å². The Morgan fingerprint density at radius 2 is 1.12 bits per heavy atom. The van der Waals surface area contributed by atoms with Crippen molar-refractivity contribution >= 4 is 41.0 Å². The SMILES string of the molecule is CCN(CC)CC.O=C(N[C@@H](c1ccccc1)[C@H]1C2C[C@H]3C[C@](Cl)(C2)C[C@@]1(O)C3)C1CC1.O=C(OC(=O)C1CC1)C1CC1.[2H]CC.[Cl-].[NH3+][C@@H](c1ccccc1)[C@H]1C2C[C@H]3C[C@](Cl)(C2)C[C@@]1(O)C3. The lowest BCUT2D eigenvalue weighted by atomic mass is 9.47. The fraction of sp³-hybridized carbons (Fsp3) is 0.722. The van der Waals surface area contributed by atoms with Gasteiger partial charge in [-0.3, -0.25) is 14.4 Å². The third-order valence-corrected chi connectivity index (χ3v) is 17.3. The second kappa shape index (κ2) is 22.2. The summed E-state index contributed by atoms with van der Waals surface area (Å²) in [6, 6.07) is 20.7. The zero-order valence-corrected chi connectivity index (χ0v) is 42.3. The molecule has 12 heteroatoms. The molecule has 368 valence electrons. The van der Waals surface area contributed by atoms with Crippen LogP contribution in [0.4, 0.5) is 0 Å². The Morgan fingerprint density at radius 3 is 1.48 bits per heavy atom. The number of rotatable bonds is 11. The van der Waals surface area contributed by atoms with Gasteiger partial charge in [-0.25, -0.2) is 0 Å². The number of carbonyl (C=O) groups is 3. The molecule has 12 atom stereocenters. The van der Waals surface area contributed by atoms with E-state index in [1.54, 1.807) is 6.92 Å². The number of nitrogens with one attached hydrogen (secondary N) is 1. The Balaban J connectivity index is 0.000000157. The molecule has 1 amide bonds. The van der Waals surface area contributed by atoms with Crippen LogP contribution < -0.4 is 23.5 Å². The lowest BCUT2D eigenvalue weighted by Crippen LogP contribution is -3.00. The average molecular weight is 975 g/mol. The number of amides is 1. The summed E-state index contributed by atoms with van der Waals surface area (Å²) in [6.45, 7) is 12.4. The highest BCUT2D eigenvalue weighted by Crippen LogP contribution is 2.65. The first-order chi connectivity index (χ1) is 31.5. The van der Waals surface area contributed by atoms with Crippen LogP contribution in [0, 0.1) is 53.3 Å². The number of esters is 2. The minimum absolute atomic E-state index is 0. The van der Waals surface area contributed by atoms with E-state index in [-0.39, 0.29) is 81.7 Å². The molecule has 66 heavy (non-hydrogen) atoms. The van der Waals surface area contributed by atoms with Crippen molar-refractivity contribution in [2.75, 3.05) is 19.6 Å². The van der Waals surface area contributed by atoms with Gasteiger partial charge in [0.1, 0.15) is 6.04 Å². The van der Waals surface area contributed by atoms with Gasteiger partial charge in [0.05, 0.1) is 29.1 Å². The van der Waals surface area contributed by atoms with Gasteiger partial charge in [-0.1, -0.05) is 95.3 Å². The van der Waals surface area contributed by atoms with E-state index in [1.165, 1.54) is 31.6 Å². The Kier molecular flexibility index (Phi) is 17.4. The van der Waals surface area contributed by atoms with E-state index in [0.717, 1.165) is 95.5 Å². The van der Waals surface area contributed by atoms with Crippen molar-refractivity contribution in [2.45, 2.75) is 170 Å². The molecule has 6 N–H and O–H groups in total. The lowest BCUT2D eigenvalue weighted by Gasteiger charge is -2.63. The number of hydrogen-bond acceptors (Lipinski definition) is 7. The van der Waals surface area contributed by atoms with Crippen LogP contribution in [0.3, 0.4) is 0 Å². The maximum atomic E-state index is 12.6. The number of nitrogens with zero attached hydrogens (tertiary/aromatic N) is 1. The summed E-state index contributed by atoms with van der Waals surface area (Å²) in [5, 5.41) is 26.1. The molecule has 13 rings (SSSR count). The normalized spacial score (nSPS) is 35.9. The molecule has 11 saturated carbocycles. The van der Waals surface area contributed by atoms with Crippen molar-refractivity contribution in [3.63, 3.8) is 0 Å². The van der Waals surface area contributed by atoms with Crippen LogP contribution in [0.1, 0.15) is 162 Å². The Labute approximate surface area is 413 Å². The lowest BCUT2D eigenvalue weighted by molar-refractivity contribution is -0.459. The van der Waals surface area contributed by atoms with Crippen LogP contribution in [-0.4, -0.2) is 73.5 Å². The van der Waals surface area contributed by atoms with Crippen LogP contribution in [0.2, 0.25) is 0 Å². The van der Waals surface area contributed by atoms with Crippen molar-refractivity contribution in [3.8, 4) is 0 Å². The first-order valence-electron chi connectivity index (χ1n) is 26.0. The van der Waals surface area contributed by atoms with E-state index < -0.39 is 11.2 Å². The summed E-state index contributed by atoms with van der Waals surface area (Å²) >= 11 is 13.6. The summed E-state index contributed by atoms with van der Waals surface area (Å²) < 4.78 is 10.8. The molecular formula is C54H80Cl3N3O6. The van der Waals surface area contributed by atoms with Crippen LogP contribution in [-0.2, 0) is 19.1 Å². The molecule has 0 spiro atoms. The zero-order chi connectivity index (χ0) is 47.4. The van der Waals surface area contributed by atoms with Gasteiger partial charge in [-0.15, -0.1) is 23.2 Å². The summed E-state index contributed by atoms with van der Waals surface area (Å²) in [5.74, 6) is 2.26. The van der Waals surface area contributed by atoms with E-state index in [0.29, 0.717) is 37.0 Å². The summed E-state index contributed by atoms with van der Waals surface area (Å²) in [4.78, 5) is 36.4. The maximum Gasteiger partial charge on any atom is 0.316 e. The first-order valence-corrected chi connectivity index (χ1v) is 26.1. The molecule has 8 bridgehead atoms. The first kappa shape index (κ1) is 51.6. The second-order valence-electron chi connectivity index (χ2n) is 21.5. The largest absolute Gasteiger partial charge is 1.00 e. The molecule has 0 aromatic heterocycles. The molecule has 11 fully saturated rings. The Hall–Kier alpha value is -2.24. The maximum absolute atomic E-state index is 12.6. The van der Waals surface area contributed by atoms with Crippen LogP contribution in [0.5, 0.6) is 0 Å². The van der Waals surface area contributed by atoms with Gasteiger partial charge in [0, 0.05) is 34.4 Å². The Morgan fingerprint density at radius 1 is 0.712 bits per heavy atom. The molecule has 9 nitrogen and oxygen atoms in total. The average Bonchev–Trinajstić information content (AvgIpc) is 4.09. The van der Waals surface area contributed by atoms with Gasteiger partial charge in [0.15, 0.2) is 0 Å². The summed E-state index contributed by atoms with van der Waals surface area (Å²) in [5.41, 5.74) is 5.45.